The Kier molecular flexibility index (Phi) is 5.13. The van der Waals surface area contributed by atoms with Crippen molar-refractivity contribution in [3.05, 3.63) is 21.9 Å². The summed E-state index contributed by atoms with van der Waals surface area (Å²) < 4.78 is 0. The number of rotatable bonds is 5. The van der Waals surface area contributed by atoms with Crippen LogP contribution in [0.4, 0.5) is 4.79 Å². The number of carbonyl (C=O) groups excluding carboxylic acids is 3. The number of likely N-dealkylation sites (N-methyl/N-ethyl adjacent to an activating group) is 1. The lowest BCUT2D eigenvalue weighted by Crippen LogP contribution is -2.49. The van der Waals surface area contributed by atoms with Crippen molar-refractivity contribution in [3.8, 4) is 0 Å². The van der Waals surface area contributed by atoms with Crippen LogP contribution in [0.2, 0.25) is 0 Å². The van der Waals surface area contributed by atoms with Crippen LogP contribution < -0.4 is 5.32 Å². The molecule has 1 aliphatic carbocycles. The number of hydrogen-bond acceptors (Lipinski definition) is 4. The summed E-state index contributed by atoms with van der Waals surface area (Å²) in [6, 6.07) is 3.70. The van der Waals surface area contributed by atoms with Crippen molar-refractivity contribution in [1.29, 1.82) is 0 Å². The first kappa shape index (κ1) is 17.9. The summed E-state index contributed by atoms with van der Waals surface area (Å²) in [5.74, 6) is -0.506. The van der Waals surface area contributed by atoms with Gasteiger partial charge in [0.15, 0.2) is 0 Å². The van der Waals surface area contributed by atoms with E-state index in [1.54, 1.807) is 23.3 Å². The highest BCUT2D eigenvalue weighted by molar-refractivity contribution is 7.11. The molecule has 0 unspecified atom stereocenters. The van der Waals surface area contributed by atoms with Crippen molar-refractivity contribution in [3.63, 3.8) is 0 Å². The Morgan fingerprint density at radius 3 is 2.52 bits per heavy atom. The molecule has 1 saturated heterocycles. The van der Waals surface area contributed by atoms with Gasteiger partial charge in [-0.05, 0) is 31.4 Å². The fourth-order valence-electron chi connectivity index (χ4n) is 3.76. The van der Waals surface area contributed by atoms with E-state index >= 15 is 0 Å². The third-order valence-electron chi connectivity index (χ3n) is 5.31. The molecule has 1 N–H and O–H groups in total. The Balaban J connectivity index is 1.60. The molecule has 0 radical (unpaired) electrons. The van der Waals surface area contributed by atoms with Crippen LogP contribution in [-0.2, 0) is 22.6 Å². The second-order valence-electron chi connectivity index (χ2n) is 6.82. The minimum atomic E-state index is -0.723. The fraction of sp³-hybridized carbons (Fsp3) is 0.611. The van der Waals surface area contributed by atoms with Gasteiger partial charge in [-0.1, -0.05) is 26.2 Å². The molecular weight excluding hydrogens is 338 g/mol. The number of aryl methyl sites for hydroxylation is 1. The second-order valence-corrected chi connectivity index (χ2v) is 8.08. The number of nitrogens with zero attached hydrogens (tertiary/aromatic N) is 2. The van der Waals surface area contributed by atoms with Gasteiger partial charge in [-0.3, -0.25) is 14.5 Å². The number of carbonyl (C=O) groups is 3. The van der Waals surface area contributed by atoms with Crippen LogP contribution in [0.5, 0.6) is 0 Å². The number of thiophene rings is 1. The zero-order chi connectivity index (χ0) is 18.0. The van der Waals surface area contributed by atoms with Gasteiger partial charge in [-0.25, -0.2) is 4.79 Å². The first-order valence-electron chi connectivity index (χ1n) is 8.92. The molecule has 0 aromatic carbocycles. The molecular formula is C18H25N3O3S. The third-order valence-corrected chi connectivity index (χ3v) is 6.54. The average molecular weight is 363 g/mol. The van der Waals surface area contributed by atoms with Crippen molar-refractivity contribution >= 4 is 29.2 Å². The van der Waals surface area contributed by atoms with Crippen LogP contribution in [0.25, 0.3) is 0 Å². The van der Waals surface area contributed by atoms with Gasteiger partial charge in [0.05, 0.1) is 6.54 Å². The summed E-state index contributed by atoms with van der Waals surface area (Å²) in [6.07, 6.45) is 5.35. The second kappa shape index (κ2) is 7.15. The number of imide groups is 1. The molecule has 2 heterocycles. The Hall–Kier alpha value is -1.89. The van der Waals surface area contributed by atoms with Gasteiger partial charge in [0.1, 0.15) is 12.1 Å². The van der Waals surface area contributed by atoms with Crippen LogP contribution in [-0.4, -0.2) is 46.8 Å². The van der Waals surface area contributed by atoms with Crippen molar-refractivity contribution < 1.29 is 14.4 Å². The molecule has 136 valence electrons. The van der Waals surface area contributed by atoms with Gasteiger partial charge in [0.25, 0.3) is 5.91 Å². The summed E-state index contributed by atoms with van der Waals surface area (Å²) in [7, 11) is 1.68. The molecule has 4 amide bonds. The Morgan fingerprint density at radius 1 is 1.20 bits per heavy atom. The summed E-state index contributed by atoms with van der Waals surface area (Å²) in [4.78, 5) is 42.6. The highest BCUT2D eigenvalue weighted by Gasteiger charge is 2.55. The SMILES string of the molecule is CCc1ccc(CNC(=O)CN2C(=O)N(C)C3(CCCCC3)C2=O)s1. The number of nitrogens with one attached hydrogen (secondary N) is 1. The zero-order valence-corrected chi connectivity index (χ0v) is 15.7. The number of amides is 4. The van der Waals surface area contributed by atoms with Gasteiger partial charge in [0, 0.05) is 16.8 Å². The van der Waals surface area contributed by atoms with Gasteiger partial charge in [-0.15, -0.1) is 11.3 Å². The maximum Gasteiger partial charge on any atom is 0.327 e. The Bertz CT molecular complexity index is 679. The molecule has 0 atom stereocenters. The predicted octanol–water partition coefficient (Wildman–Crippen LogP) is 2.52. The van der Waals surface area contributed by atoms with Crippen molar-refractivity contribution in [2.24, 2.45) is 0 Å². The Morgan fingerprint density at radius 2 is 1.88 bits per heavy atom. The lowest BCUT2D eigenvalue weighted by molar-refractivity contribution is -0.137. The van der Waals surface area contributed by atoms with Crippen LogP contribution in [0.3, 0.4) is 0 Å². The maximum absolute atomic E-state index is 12.8. The molecule has 1 aromatic heterocycles. The molecule has 7 heteroatoms. The maximum atomic E-state index is 12.8. The topological polar surface area (TPSA) is 69.7 Å². The summed E-state index contributed by atoms with van der Waals surface area (Å²) >= 11 is 1.67. The monoisotopic (exact) mass is 363 g/mol. The van der Waals surface area contributed by atoms with E-state index in [4.69, 9.17) is 0 Å². The quantitative estimate of drug-likeness (QED) is 0.817. The van der Waals surface area contributed by atoms with E-state index < -0.39 is 5.54 Å². The fourth-order valence-corrected chi connectivity index (χ4v) is 4.66. The van der Waals surface area contributed by atoms with E-state index in [0.717, 1.165) is 35.5 Å². The van der Waals surface area contributed by atoms with E-state index in [1.807, 2.05) is 6.07 Å². The van der Waals surface area contributed by atoms with Gasteiger partial charge < -0.3 is 10.2 Å². The average Bonchev–Trinajstić information content (AvgIpc) is 3.16. The van der Waals surface area contributed by atoms with Crippen molar-refractivity contribution in [2.45, 2.75) is 57.5 Å². The smallest absolute Gasteiger partial charge is 0.327 e. The molecule has 3 rings (SSSR count). The molecule has 1 saturated carbocycles. The van der Waals surface area contributed by atoms with Crippen LogP contribution in [0.15, 0.2) is 12.1 Å². The van der Waals surface area contributed by atoms with Crippen molar-refractivity contribution in [2.75, 3.05) is 13.6 Å². The van der Waals surface area contributed by atoms with E-state index in [9.17, 15) is 14.4 Å². The van der Waals surface area contributed by atoms with Gasteiger partial charge in [0.2, 0.25) is 5.91 Å². The Labute approximate surface area is 152 Å². The largest absolute Gasteiger partial charge is 0.350 e. The molecule has 1 spiro atoms. The lowest BCUT2D eigenvalue weighted by Gasteiger charge is -2.35. The van der Waals surface area contributed by atoms with E-state index in [0.29, 0.717) is 19.4 Å². The minimum absolute atomic E-state index is 0.199. The van der Waals surface area contributed by atoms with Crippen LogP contribution in [0, 0.1) is 0 Å². The molecule has 0 bridgehead atoms. The van der Waals surface area contributed by atoms with Gasteiger partial charge >= 0.3 is 6.03 Å². The summed E-state index contributed by atoms with van der Waals surface area (Å²) in [6.45, 7) is 2.33. The van der Waals surface area contributed by atoms with E-state index in [2.05, 4.69) is 18.3 Å². The zero-order valence-electron chi connectivity index (χ0n) is 14.8. The standard InChI is InChI=1S/C18H25N3O3S/c1-3-13-7-8-14(25-13)11-19-15(22)12-21-16(23)18(20(2)17(21)24)9-5-4-6-10-18/h7-8H,3-6,9-12H2,1-2H3,(H,19,22). The van der Waals surface area contributed by atoms with Crippen molar-refractivity contribution in [1.82, 2.24) is 15.1 Å². The highest BCUT2D eigenvalue weighted by Crippen LogP contribution is 2.39. The van der Waals surface area contributed by atoms with Gasteiger partial charge in [-0.2, -0.15) is 0 Å². The lowest BCUT2D eigenvalue weighted by atomic mass is 9.81. The normalized spacial score (nSPS) is 19.8. The van der Waals surface area contributed by atoms with E-state index in [1.165, 1.54) is 4.88 Å². The van der Waals surface area contributed by atoms with Crippen LogP contribution >= 0.6 is 11.3 Å². The molecule has 2 aliphatic rings. The predicted molar refractivity (Wildman–Crippen MR) is 96.2 cm³/mol. The first-order chi connectivity index (χ1) is 12.0. The number of hydrogen-bond donors (Lipinski definition) is 1. The third kappa shape index (κ3) is 3.29. The molecule has 6 nitrogen and oxygen atoms in total. The molecule has 1 aromatic rings. The van der Waals surface area contributed by atoms with Crippen LogP contribution in [0.1, 0.15) is 48.8 Å². The molecule has 2 fully saturated rings. The van der Waals surface area contributed by atoms with E-state index in [-0.39, 0.29) is 24.4 Å². The summed E-state index contributed by atoms with van der Waals surface area (Å²) in [5.41, 5.74) is -0.723. The first-order valence-corrected chi connectivity index (χ1v) is 9.73. The molecule has 1 aliphatic heterocycles. The molecule has 25 heavy (non-hydrogen) atoms. The summed E-state index contributed by atoms with van der Waals surface area (Å²) in [5, 5.41) is 2.82. The number of urea groups is 1. The highest BCUT2D eigenvalue weighted by atomic mass is 32.1. The minimum Gasteiger partial charge on any atom is -0.350 e.